The molecule has 1 saturated heterocycles. The van der Waals surface area contributed by atoms with Crippen molar-refractivity contribution in [2.45, 2.75) is 32.3 Å². The molecular formula is C20H24N6O. The first-order valence-electron chi connectivity index (χ1n) is 9.29. The standard InChI is InChI=1S/C20H24N6O/c1-15-7-5-10-19(22-15)26-20(23-17(24-26)14-27-2)16-8-6-12-25(13-16)18-9-3-4-11-21-18/h3-5,7,9-11,16H,6,8,12-14H2,1-2H3/t16-/m0/s1. The van der Waals surface area contributed by atoms with Gasteiger partial charge in [0.15, 0.2) is 11.6 Å². The van der Waals surface area contributed by atoms with Crippen LogP contribution in [0, 0.1) is 6.92 Å². The first kappa shape index (κ1) is 17.6. The molecule has 1 fully saturated rings. The molecule has 27 heavy (non-hydrogen) atoms. The fourth-order valence-corrected chi connectivity index (χ4v) is 3.58. The van der Waals surface area contributed by atoms with E-state index in [0.29, 0.717) is 12.4 Å². The Balaban J connectivity index is 1.67. The first-order valence-corrected chi connectivity index (χ1v) is 9.29. The summed E-state index contributed by atoms with van der Waals surface area (Å²) in [6.45, 7) is 4.26. The van der Waals surface area contributed by atoms with Gasteiger partial charge >= 0.3 is 0 Å². The van der Waals surface area contributed by atoms with Crippen molar-refractivity contribution >= 4 is 5.82 Å². The second-order valence-electron chi connectivity index (χ2n) is 6.84. The summed E-state index contributed by atoms with van der Waals surface area (Å²) in [6.07, 6.45) is 4.00. The zero-order valence-electron chi connectivity index (χ0n) is 15.7. The van der Waals surface area contributed by atoms with Crippen LogP contribution in [-0.2, 0) is 11.3 Å². The molecule has 7 nitrogen and oxygen atoms in total. The molecule has 0 aliphatic carbocycles. The molecule has 0 spiro atoms. The molecule has 4 rings (SSSR count). The van der Waals surface area contributed by atoms with Crippen LogP contribution in [0.4, 0.5) is 5.82 Å². The van der Waals surface area contributed by atoms with E-state index in [2.05, 4.69) is 26.0 Å². The average Bonchev–Trinajstić information content (AvgIpc) is 3.13. The van der Waals surface area contributed by atoms with Gasteiger partial charge in [-0.1, -0.05) is 12.1 Å². The summed E-state index contributed by atoms with van der Waals surface area (Å²) in [5.74, 6) is 3.71. The number of ether oxygens (including phenoxy) is 1. The SMILES string of the molecule is COCc1nc([C@H]2CCCN(c3ccccn3)C2)n(-c2cccc(C)n2)n1. The number of nitrogens with zero attached hydrogens (tertiary/aromatic N) is 6. The molecule has 3 aromatic heterocycles. The van der Waals surface area contributed by atoms with Crippen molar-refractivity contribution in [1.29, 1.82) is 0 Å². The number of piperidine rings is 1. The topological polar surface area (TPSA) is 69.0 Å². The number of anilines is 1. The van der Waals surface area contributed by atoms with E-state index in [0.717, 1.165) is 49.1 Å². The highest BCUT2D eigenvalue weighted by atomic mass is 16.5. The van der Waals surface area contributed by atoms with Crippen molar-refractivity contribution in [3.05, 3.63) is 59.9 Å². The molecule has 0 amide bonds. The van der Waals surface area contributed by atoms with Crippen molar-refractivity contribution in [2.24, 2.45) is 0 Å². The smallest absolute Gasteiger partial charge is 0.177 e. The summed E-state index contributed by atoms with van der Waals surface area (Å²) < 4.78 is 7.14. The summed E-state index contributed by atoms with van der Waals surface area (Å²) in [4.78, 5) is 16.3. The number of hydrogen-bond donors (Lipinski definition) is 0. The summed E-state index contributed by atoms with van der Waals surface area (Å²) in [5.41, 5.74) is 0.959. The number of methoxy groups -OCH3 is 1. The van der Waals surface area contributed by atoms with Crippen LogP contribution in [0.25, 0.3) is 5.82 Å². The van der Waals surface area contributed by atoms with Gasteiger partial charge in [0.05, 0.1) is 0 Å². The van der Waals surface area contributed by atoms with Crippen molar-refractivity contribution in [3.63, 3.8) is 0 Å². The van der Waals surface area contributed by atoms with Crippen LogP contribution >= 0.6 is 0 Å². The van der Waals surface area contributed by atoms with Crippen LogP contribution in [0.2, 0.25) is 0 Å². The minimum atomic E-state index is 0.265. The normalized spacial score (nSPS) is 17.3. The Kier molecular flexibility index (Phi) is 5.11. The zero-order chi connectivity index (χ0) is 18.6. The van der Waals surface area contributed by atoms with Gasteiger partial charge in [-0.2, -0.15) is 4.68 Å². The monoisotopic (exact) mass is 364 g/mol. The molecule has 140 valence electrons. The maximum Gasteiger partial charge on any atom is 0.177 e. The molecule has 7 heteroatoms. The molecule has 4 heterocycles. The second kappa shape index (κ2) is 7.84. The molecule has 0 radical (unpaired) electrons. The molecule has 0 aromatic carbocycles. The highest BCUT2D eigenvalue weighted by molar-refractivity contribution is 5.39. The average molecular weight is 364 g/mol. The van der Waals surface area contributed by atoms with Gasteiger partial charge in [0, 0.05) is 38.0 Å². The lowest BCUT2D eigenvalue weighted by molar-refractivity contribution is 0.177. The van der Waals surface area contributed by atoms with E-state index in [4.69, 9.17) is 9.72 Å². The van der Waals surface area contributed by atoms with Gasteiger partial charge in [0.1, 0.15) is 18.2 Å². The molecular weight excluding hydrogens is 340 g/mol. The van der Waals surface area contributed by atoms with E-state index in [1.54, 1.807) is 7.11 Å². The fourth-order valence-electron chi connectivity index (χ4n) is 3.58. The van der Waals surface area contributed by atoms with Gasteiger partial charge in [-0.15, -0.1) is 5.10 Å². The van der Waals surface area contributed by atoms with Crippen molar-refractivity contribution in [2.75, 3.05) is 25.1 Å². The van der Waals surface area contributed by atoms with E-state index in [1.165, 1.54) is 0 Å². The minimum Gasteiger partial charge on any atom is -0.377 e. The Labute approximate surface area is 159 Å². The van der Waals surface area contributed by atoms with E-state index in [9.17, 15) is 0 Å². The molecule has 0 N–H and O–H groups in total. The Morgan fingerprint density at radius 2 is 2.00 bits per heavy atom. The maximum atomic E-state index is 5.25. The number of rotatable bonds is 5. The third-order valence-corrected chi connectivity index (χ3v) is 4.80. The van der Waals surface area contributed by atoms with Crippen LogP contribution in [0.3, 0.4) is 0 Å². The van der Waals surface area contributed by atoms with Crippen LogP contribution in [0.15, 0.2) is 42.6 Å². The van der Waals surface area contributed by atoms with Crippen LogP contribution < -0.4 is 4.90 Å². The summed E-state index contributed by atoms with van der Waals surface area (Å²) in [5, 5.41) is 4.67. The lowest BCUT2D eigenvalue weighted by Gasteiger charge is -2.33. The maximum absolute atomic E-state index is 5.25. The van der Waals surface area contributed by atoms with Gasteiger partial charge in [-0.3, -0.25) is 0 Å². The van der Waals surface area contributed by atoms with Crippen molar-refractivity contribution in [1.82, 2.24) is 24.7 Å². The predicted molar refractivity (Wildman–Crippen MR) is 103 cm³/mol. The lowest BCUT2D eigenvalue weighted by atomic mass is 9.97. The molecule has 3 aromatic rings. The number of aromatic nitrogens is 5. The molecule has 0 unspecified atom stereocenters. The number of hydrogen-bond acceptors (Lipinski definition) is 6. The Hall–Kier alpha value is -2.80. The number of aryl methyl sites for hydroxylation is 1. The zero-order valence-corrected chi connectivity index (χ0v) is 15.7. The lowest BCUT2D eigenvalue weighted by Crippen LogP contribution is -2.35. The fraction of sp³-hybridized carbons (Fsp3) is 0.400. The van der Waals surface area contributed by atoms with E-state index >= 15 is 0 Å². The van der Waals surface area contributed by atoms with Crippen LogP contribution in [0.5, 0.6) is 0 Å². The Morgan fingerprint density at radius 1 is 1.11 bits per heavy atom. The molecule has 0 bridgehead atoms. The second-order valence-corrected chi connectivity index (χ2v) is 6.84. The third kappa shape index (κ3) is 3.83. The van der Waals surface area contributed by atoms with Gasteiger partial charge in [0.25, 0.3) is 0 Å². The predicted octanol–water partition coefficient (Wildman–Crippen LogP) is 2.90. The summed E-state index contributed by atoms with van der Waals surface area (Å²) in [7, 11) is 1.66. The first-order chi connectivity index (χ1) is 13.2. The van der Waals surface area contributed by atoms with E-state index in [-0.39, 0.29) is 5.92 Å². The Morgan fingerprint density at radius 3 is 2.78 bits per heavy atom. The third-order valence-electron chi connectivity index (χ3n) is 4.80. The van der Waals surface area contributed by atoms with Gasteiger partial charge in [-0.05, 0) is 44.0 Å². The van der Waals surface area contributed by atoms with Gasteiger partial charge < -0.3 is 9.64 Å². The summed E-state index contributed by atoms with van der Waals surface area (Å²) >= 11 is 0. The molecule has 1 atom stereocenters. The van der Waals surface area contributed by atoms with Crippen molar-refractivity contribution in [3.8, 4) is 5.82 Å². The van der Waals surface area contributed by atoms with Gasteiger partial charge in [-0.25, -0.2) is 15.0 Å². The van der Waals surface area contributed by atoms with Crippen LogP contribution in [0.1, 0.15) is 36.1 Å². The Bertz CT molecular complexity index is 894. The molecule has 1 aliphatic heterocycles. The minimum absolute atomic E-state index is 0.265. The summed E-state index contributed by atoms with van der Waals surface area (Å²) in [6, 6.07) is 12.0. The van der Waals surface area contributed by atoms with E-state index < -0.39 is 0 Å². The van der Waals surface area contributed by atoms with Crippen molar-refractivity contribution < 1.29 is 4.74 Å². The van der Waals surface area contributed by atoms with E-state index in [1.807, 2.05) is 48.1 Å². The molecule has 0 saturated carbocycles. The highest BCUT2D eigenvalue weighted by Crippen LogP contribution is 2.29. The highest BCUT2D eigenvalue weighted by Gasteiger charge is 2.28. The van der Waals surface area contributed by atoms with Gasteiger partial charge in [0.2, 0.25) is 0 Å². The number of pyridine rings is 2. The van der Waals surface area contributed by atoms with Crippen LogP contribution in [-0.4, -0.2) is 44.9 Å². The quantitative estimate of drug-likeness (QED) is 0.693. The molecule has 1 aliphatic rings. The largest absolute Gasteiger partial charge is 0.377 e.